The molecule has 0 aliphatic carbocycles. The minimum atomic E-state index is -0.326. The molecule has 2 aromatic rings. The van der Waals surface area contributed by atoms with Crippen LogP contribution < -0.4 is 10.1 Å². The number of aliphatic hydroxyl groups is 1. The molecule has 29 heavy (non-hydrogen) atoms. The third kappa shape index (κ3) is 3.70. The van der Waals surface area contributed by atoms with Gasteiger partial charge in [0.05, 0.1) is 25.8 Å². The Labute approximate surface area is 177 Å². The van der Waals surface area contributed by atoms with Gasteiger partial charge in [0.1, 0.15) is 12.3 Å². The predicted octanol–water partition coefficient (Wildman–Crippen LogP) is 2.66. The molecule has 2 aromatic carbocycles. The van der Waals surface area contributed by atoms with Gasteiger partial charge in [-0.1, -0.05) is 34.1 Å². The zero-order valence-corrected chi connectivity index (χ0v) is 17.5. The number of fused-ring (bicyclic) bond motifs is 1. The first-order valence-corrected chi connectivity index (χ1v) is 10.2. The van der Waals surface area contributed by atoms with Gasteiger partial charge in [-0.3, -0.25) is 4.79 Å². The predicted molar refractivity (Wildman–Crippen MR) is 112 cm³/mol. The molecular formula is C21H22BrN3O4. The molecule has 2 heterocycles. The van der Waals surface area contributed by atoms with Crippen molar-refractivity contribution in [2.75, 3.05) is 32.1 Å². The highest BCUT2D eigenvalue weighted by Gasteiger charge is 2.54. The molecule has 2 N–H and O–H groups in total. The number of carbonyl (C=O) groups excluding carboxylic acids is 2. The van der Waals surface area contributed by atoms with Gasteiger partial charge in [-0.15, -0.1) is 0 Å². The fourth-order valence-electron chi connectivity index (χ4n) is 4.24. The van der Waals surface area contributed by atoms with Crippen LogP contribution in [0.25, 0.3) is 0 Å². The van der Waals surface area contributed by atoms with E-state index in [1.807, 2.05) is 24.3 Å². The normalized spacial score (nSPS) is 23.3. The van der Waals surface area contributed by atoms with Crippen molar-refractivity contribution < 1.29 is 19.4 Å². The van der Waals surface area contributed by atoms with Crippen LogP contribution >= 0.6 is 15.9 Å². The largest absolute Gasteiger partial charge is 0.497 e. The molecule has 7 nitrogen and oxygen atoms in total. The van der Waals surface area contributed by atoms with Crippen LogP contribution in [0.1, 0.15) is 11.5 Å². The summed E-state index contributed by atoms with van der Waals surface area (Å²) in [5.74, 6) is 0.489. The first kappa shape index (κ1) is 19.7. The van der Waals surface area contributed by atoms with Gasteiger partial charge in [0.2, 0.25) is 5.91 Å². The second-order valence-electron chi connectivity index (χ2n) is 7.24. The summed E-state index contributed by atoms with van der Waals surface area (Å²) in [4.78, 5) is 28.7. The van der Waals surface area contributed by atoms with Gasteiger partial charge in [-0.2, -0.15) is 0 Å². The first-order valence-electron chi connectivity index (χ1n) is 9.39. The molecule has 2 aliphatic heterocycles. The van der Waals surface area contributed by atoms with Crippen LogP contribution in [0.4, 0.5) is 10.5 Å². The van der Waals surface area contributed by atoms with Gasteiger partial charge < -0.3 is 25.0 Å². The molecule has 0 spiro atoms. The van der Waals surface area contributed by atoms with Crippen molar-refractivity contribution in [3.8, 4) is 5.75 Å². The summed E-state index contributed by atoms with van der Waals surface area (Å²) in [5, 5.41) is 12.7. The van der Waals surface area contributed by atoms with Gasteiger partial charge in [0.25, 0.3) is 0 Å². The molecule has 4 rings (SSSR count). The summed E-state index contributed by atoms with van der Waals surface area (Å²) in [6.45, 7) is 0.313. The number of hydrogen-bond acceptors (Lipinski definition) is 4. The van der Waals surface area contributed by atoms with E-state index in [1.54, 1.807) is 36.3 Å². The summed E-state index contributed by atoms with van der Waals surface area (Å²) >= 11 is 3.43. The average molecular weight is 460 g/mol. The van der Waals surface area contributed by atoms with E-state index < -0.39 is 0 Å². The Hall–Kier alpha value is -2.58. The number of nitrogens with one attached hydrogen (secondary N) is 1. The zero-order valence-electron chi connectivity index (χ0n) is 15.9. The van der Waals surface area contributed by atoms with E-state index in [4.69, 9.17) is 4.74 Å². The van der Waals surface area contributed by atoms with E-state index in [2.05, 4.69) is 21.2 Å². The highest BCUT2D eigenvalue weighted by molar-refractivity contribution is 9.10. The smallest absolute Gasteiger partial charge is 0.322 e. The number of urea groups is 1. The number of amides is 3. The summed E-state index contributed by atoms with van der Waals surface area (Å²) < 4.78 is 6.15. The molecule has 0 unspecified atom stereocenters. The van der Waals surface area contributed by atoms with Crippen molar-refractivity contribution in [1.29, 1.82) is 0 Å². The van der Waals surface area contributed by atoms with Gasteiger partial charge in [0, 0.05) is 28.7 Å². The fourth-order valence-corrected chi connectivity index (χ4v) is 4.51. The van der Waals surface area contributed by atoms with Crippen LogP contribution in [-0.4, -0.2) is 65.7 Å². The summed E-state index contributed by atoms with van der Waals surface area (Å²) in [6, 6.07) is 14.2. The van der Waals surface area contributed by atoms with Crippen LogP contribution in [0.5, 0.6) is 5.75 Å². The number of nitrogens with zero attached hydrogens (tertiary/aromatic N) is 2. The molecule has 3 atom stereocenters. The number of ether oxygens (including phenoxy) is 1. The third-order valence-corrected chi connectivity index (χ3v) is 6.14. The van der Waals surface area contributed by atoms with E-state index in [0.717, 1.165) is 10.0 Å². The molecule has 0 aromatic heterocycles. The lowest BCUT2D eigenvalue weighted by molar-refractivity contribution is -0.159. The SMILES string of the molecule is COc1cccc(NC(=O)N2CC(=O)N3[C@H](CO)[C@@H](c4ccc(Br)cc4)[C@H]3C2)c1. The maximum Gasteiger partial charge on any atom is 0.322 e. The molecule has 8 heteroatoms. The van der Waals surface area contributed by atoms with E-state index in [-0.39, 0.29) is 43.1 Å². The minimum absolute atomic E-state index is 0.00411. The van der Waals surface area contributed by atoms with Crippen LogP contribution in [0.3, 0.4) is 0 Å². The van der Waals surface area contributed by atoms with Crippen molar-refractivity contribution in [3.05, 3.63) is 58.6 Å². The highest BCUT2D eigenvalue weighted by atomic mass is 79.9. The maximum absolute atomic E-state index is 12.8. The number of rotatable bonds is 4. The minimum Gasteiger partial charge on any atom is -0.497 e. The van der Waals surface area contributed by atoms with Gasteiger partial charge in [0.15, 0.2) is 0 Å². The lowest BCUT2D eigenvalue weighted by atomic mass is 9.74. The zero-order chi connectivity index (χ0) is 20.5. The number of piperazine rings is 1. The number of aliphatic hydroxyl groups excluding tert-OH is 1. The topological polar surface area (TPSA) is 82.1 Å². The monoisotopic (exact) mass is 459 g/mol. The maximum atomic E-state index is 12.8. The van der Waals surface area contributed by atoms with Crippen molar-refractivity contribution in [1.82, 2.24) is 9.80 Å². The second kappa shape index (κ2) is 8.04. The van der Waals surface area contributed by atoms with E-state index >= 15 is 0 Å². The summed E-state index contributed by atoms with van der Waals surface area (Å²) in [5.41, 5.74) is 1.66. The molecule has 0 bridgehead atoms. The number of benzene rings is 2. The van der Waals surface area contributed by atoms with Crippen LogP contribution in [0.2, 0.25) is 0 Å². The first-order chi connectivity index (χ1) is 14.0. The molecule has 2 fully saturated rings. The van der Waals surface area contributed by atoms with Gasteiger partial charge >= 0.3 is 6.03 Å². The molecule has 0 radical (unpaired) electrons. The van der Waals surface area contributed by atoms with Crippen LogP contribution in [0.15, 0.2) is 53.0 Å². The Bertz CT molecular complexity index is 920. The molecule has 152 valence electrons. The number of methoxy groups -OCH3 is 1. The van der Waals surface area contributed by atoms with Gasteiger partial charge in [-0.05, 0) is 29.8 Å². The lowest BCUT2D eigenvalue weighted by Crippen LogP contribution is -2.73. The Morgan fingerprint density at radius 2 is 2.03 bits per heavy atom. The Balaban J connectivity index is 1.51. The lowest BCUT2D eigenvalue weighted by Gasteiger charge is -2.58. The van der Waals surface area contributed by atoms with Crippen LogP contribution in [0, 0.1) is 0 Å². The summed E-state index contributed by atoms with van der Waals surface area (Å²) in [7, 11) is 1.56. The average Bonchev–Trinajstić information content (AvgIpc) is 2.71. The fraction of sp³-hybridized carbons (Fsp3) is 0.333. The number of anilines is 1. The third-order valence-electron chi connectivity index (χ3n) is 5.62. The summed E-state index contributed by atoms with van der Waals surface area (Å²) in [6.07, 6.45) is 0. The van der Waals surface area contributed by atoms with Crippen molar-refractivity contribution in [2.45, 2.75) is 18.0 Å². The highest BCUT2D eigenvalue weighted by Crippen LogP contribution is 2.43. The second-order valence-corrected chi connectivity index (χ2v) is 8.15. The van der Waals surface area contributed by atoms with Crippen LogP contribution in [-0.2, 0) is 4.79 Å². The molecule has 3 amide bonds. The molecule has 2 aliphatic rings. The van der Waals surface area contributed by atoms with E-state index in [1.165, 1.54) is 4.90 Å². The number of carbonyl (C=O) groups is 2. The Morgan fingerprint density at radius 3 is 2.72 bits per heavy atom. The number of halogens is 1. The van der Waals surface area contributed by atoms with Crippen molar-refractivity contribution in [2.24, 2.45) is 0 Å². The van der Waals surface area contributed by atoms with Crippen molar-refractivity contribution >= 4 is 33.6 Å². The molecular weight excluding hydrogens is 438 g/mol. The Kier molecular flexibility index (Phi) is 5.47. The standard InChI is InChI=1S/C21H22BrN3O4/c1-29-16-4-2-3-15(9-16)23-21(28)24-10-17-20(13-5-7-14(22)8-6-13)18(12-26)25(17)19(27)11-24/h2-9,17-18,20,26H,10-12H2,1H3,(H,23,28)/t17-,18-,20+/m1/s1. The van der Waals surface area contributed by atoms with E-state index in [0.29, 0.717) is 18.0 Å². The number of hydrogen-bond donors (Lipinski definition) is 2. The van der Waals surface area contributed by atoms with E-state index in [9.17, 15) is 14.7 Å². The quantitative estimate of drug-likeness (QED) is 0.736. The van der Waals surface area contributed by atoms with Crippen molar-refractivity contribution in [3.63, 3.8) is 0 Å². The Morgan fingerprint density at radius 1 is 1.28 bits per heavy atom. The molecule has 0 saturated carbocycles. The molecule has 2 saturated heterocycles. The van der Waals surface area contributed by atoms with Gasteiger partial charge in [-0.25, -0.2) is 4.79 Å².